The first-order valence-corrected chi connectivity index (χ1v) is 4.78. The molecule has 4 heteroatoms. The first-order valence-electron chi connectivity index (χ1n) is 4.78. The Morgan fingerprint density at radius 3 is 2.38 bits per heavy atom. The lowest BCUT2D eigenvalue weighted by atomic mass is 10.1. The molecule has 0 aromatic carbocycles. The highest BCUT2D eigenvalue weighted by atomic mass is 19.3. The second kappa shape index (κ2) is 7.21. The van der Waals surface area contributed by atoms with Crippen LogP contribution in [0.4, 0.5) is 8.78 Å². The fourth-order valence-electron chi connectivity index (χ4n) is 1.23. The Kier molecular flexibility index (Phi) is 7.09. The predicted octanol–water partition coefficient (Wildman–Crippen LogP) is 1.70. The number of alkyl halides is 2. The van der Waals surface area contributed by atoms with Crippen LogP contribution in [0.3, 0.4) is 0 Å². The van der Waals surface area contributed by atoms with Crippen LogP contribution in [0.15, 0.2) is 0 Å². The molecular formula is C9H20F2N2. The summed E-state index contributed by atoms with van der Waals surface area (Å²) in [6.45, 7) is 2.58. The van der Waals surface area contributed by atoms with Crippen LogP contribution in [0.25, 0.3) is 0 Å². The number of nitrogens with zero attached hydrogens (tertiary/aromatic N) is 1. The fraction of sp³-hybridized carbons (Fsp3) is 1.00. The zero-order valence-corrected chi connectivity index (χ0v) is 8.47. The second-order valence-electron chi connectivity index (χ2n) is 3.49. The Morgan fingerprint density at radius 2 is 1.92 bits per heavy atom. The molecule has 0 heterocycles. The monoisotopic (exact) mass is 194 g/mol. The average molecular weight is 194 g/mol. The van der Waals surface area contributed by atoms with Gasteiger partial charge in [-0.1, -0.05) is 13.3 Å². The van der Waals surface area contributed by atoms with Crippen molar-refractivity contribution in [2.75, 3.05) is 20.1 Å². The molecule has 0 saturated carbocycles. The summed E-state index contributed by atoms with van der Waals surface area (Å²) >= 11 is 0. The molecule has 0 aromatic rings. The quantitative estimate of drug-likeness (QED) is 0.668. The molecule has 1 atom stereocenters. The van der Waals surface area contributed by atoms with Crippen LogP contribution >= 0.6 is 0 Å². The van der Waals surface area contributed by atoms with E-state index in [0.29, 0.717) is 6.54 Å². The summed E-state index contributed by atoms with van der Waals surface area (Å²) in [5.74, 6) is 0. The van der Waals surface area contributed by atoms with Gasteiger partial charge in [-0.2, -0.15) is 0 Å². The van der Waals surface area contributed by atoms with Crippen molar-refractivity contribution in [1.82, 2.24) is 4.90 Å². The Bertz CT molecular complexity index is 120. The van der Waals surface area contributed by atoms with Crippen molar-refractivity contribution in [2.45, 2.75) is 38.7 Å². The maximum absolute atomic E-state index is 11.9. The van der Waals surface area contributed by atoms with Crippen molar-refractivity contribution < 1.29 is 8.78 Å². The maximum Gasteiger partial charge on any atom is 0.251 e. The molecule has 0 amide bonds. The Labute approximate surface area is 79.1 Å². The largest absolute Gasteiger partial charge is 0.328 e. The lowest BCUT2D eigenvalue weighted by molar-refractivity contribution is 0.0989. The van der Waals surface area contributed by atoms with Crippen LogP contribution in [0.1, 0.15) is 26.2 Å². The summed E-state index contributed by atoms with van der Waals surface area (Å²) in [5, 5.41) is 0. The Balaban J connectivity index is 3.40. The summed E-state index contributed by atoms with van der Waals surface area (Å²) in [5.41, 5.74) is 5.75. The van der Waals surface area contributed by atoms with Gasteiger partial charge in [0.25, 0.3) is 6.43 Å². The molecule has 0 saturated heterocycles. The SMILES string of the molecule is CCCC(N)CCN(C)CC(F)F. The van der Waals surface area contributed by atoms with Gasteiger partial charge >= 0.3 is 0 Å². The van der Waals surface area contributed by atoms with E-state index < -0.39 is 6.43 Å². The second-order valence-corrected chi connectivity index (χ2v) is 3.49. The van der Waals surface area contributed by atoms with E-state index in [1.54, 1.807) is 11.9 Å². The van der Waals surface area contributed by atoms with E-state index in [9.17, 15) is 8.78 Å². The maximum atomic E-state index is 11.9. The number of halogens is 2. The molecule has 1 unspecified atom stereocenters. The third kappa shape index (κ3) is 8.12. The summed E-state index contributed by atoms with van der Waals surface area (Å²) in [6, 6.07) is 0.158. The van der Waals surface area contributed by atoms with E-state index in [-0.39, 0.29) is 12.6 Å². The first-order chi connectivity index (χ1) is 6.06. The summed E-state index contributed by atoms with van der Waals surface area (Å²) < 4.78 is 23.8. The lowest BCUT2D eigenvalue weighted by Crippen LogP contribution is -2.30. The van der Waals surface area contributed by atoms with Crippen LogP contribution in [0, 0.1) is 0 Å². The number of hydrogen-bond acceptors (Lipinski definition) is 2. The summed E-state index contributed by atoms with van der Waals surface area (Å²) in [4.78, 5) is 1.63. The van der Waals surface area contributed by atoms with Gasteiger partial charge in [0.1, 0.15) is 0 Å². The number of hydrogen-bond donors (Lipinski definition) is 1. The zero-order valence-electron chi connectivity index (χ0n) is 8.47. The van der Waals surface area contributed by atoms with Crippen LogP contribution in [-0.2, 0) is 0 Å². The molecule has 2 nitrogen and oxygen atoms in total. The molecule has 0 aliphatic carbocycles. The van der Waals surface area contributed by atoms with Gasteiger partial charge in [0.05, 0.1) is 6.54 Å². The molecular weight excluding hydrogens is 174 g/mol. The van der Waals surface area contributed by atoms with Crippen molar-refractivity contribution in [3.63, 3.8) is 0 Å². The predicted molar refractivity (Wildman–Crippen MR) is 51.0 cm³/mol. The van der Waals surface area contributed by atoms with Gasteiger partial charge in [0, 0.05) is 6.04 Å². The highest BCUT2D eigenvalue weighted by Gasteiger charge is 2.08. The van der Waals surface area contributed by atoms with Crippen molar-refractivity contribution in [2.24, 2.45) is 5.73 Å². The van der Waals surface area contributed by atoms with Crippen molar-refractivity contribution in [3.05, 3.63) is 0 Å². The van der Waals surface area contributed by atoms with Crippen LogP contribution in [-0.4, -0.2) is 37.5 Å². The third-order valence-corrected chi connectivity index (χ3v) is 1.99. The van der Waals surface area contributed by atoms with E-state index in [0.717, 1.165) is 19.3 Å². The highest BCUT2D eigenvalue weighted by molar-refractivity contribution is 4.63. The minimum absolute atomic E-state index is 0.154. The van der Waals surface area contributed by atoms with Crippen molar-refractivity contribution >= 4 is 0 Å². The molecule has 0 radical (unpaired) electrons. The van der Waals surface area contributed by atoms with Crippen LogP contribution in [0.5, 0.6) is 0 Å². The van der Waals surface area contributed by atoms with E-state index >= 15 is 0 Å². The molecule has 13 heavy (non-hydrogen) atoms. The molecule has 0 fully saturated rings. The van der Waals surface area contributed by atoms with E-state index in [1.165, 1.54) is 0 Å². The third-order valence-electron chi connectivity index (χ3n) is 1.99. The summed E-state index contributed by atoms with van der Waals surface area (Å²) in [6.07, 6.45) is 0.589. The molecule has 0 rings (SSSR count). The fourth-order valence-corrected chi connectivity index (χ4v) is 1.23. The van der Waals surface area contributed by atoms with Gasteiger partial charge in [0.2, 0.25) is 0 Å². The van der Waals surface area contributed by atoms with Gasteiger partial charge in [-0.3, -0.25) is 0 Å². The zero-order chi connectivity index (χ0) is 10.3. The van der Waals surface area contributed by atoms with Gasteiger partial charge in [-0.25, -0.2) is 8.78 Å². The van der Waals surface area contributed by atoms with E-state index in [4.69, 9.17) is 5.73 Å². The highest BCUT2D eigenvalue weighted by Crippen LogP contribution is 2.01. The molecule has 0 aliphatic rings. The number of rotatable bonds is 7. The Hall–Kier alpha value is -0.220. The normalized spacial score (nSPS) is 14.1. The average Bonchev–Trinajstić information content (AvgIpc) is 2.00. The van der Waals surface area contributed by atoms with Gasteiger partial charge < -0.3 is 10.6 Å². The molecule has 0 aromatic heterocycles. The molecule has 0 spiro atoms. The standard InChI is InChI=1S/C9H20F2N2/c1-3-4-8(12)5-6-13(2)7-9(10)11/h8-9H,3-7,12H2,1-2H3. The summed E-state index contributed by atoms with van der Waals surface area (Å²) in [7, 11) is 1.70. The molecule has 2 N–H and O–H groups in total. The minimum Gasteiger partial charge on any atom is -0.328 e. The lowest BCUT2D eigenvalue weighted by Gasteiger charge is -2.18. The van der Waals surface area contributed by atoms with Gasteiger partial charge in [0.15, 0.2) is 0 Å². The topological polar surface area (TPSA) is 29.3 Å². The van der Waals surface area contributed by atoms with Crippen LogP contribution < -0.4 is 5.73 Å². The smallest absolute Gasteiger partial charge is 0.251 e. The molecule has 80 valence electrons. The molecule has 0 aliphatic heterocycles. The minimum atomic E-state index is -2.24. The first kappa shape index (κ1) is 12.8. The van der Waals surface area contributed by atoms with Gasteiger partial charge in [-0.15, -0.1) is 0 Å². The van der Waals surface area contributed by atoms with Crippen LogP contribution in [0.2, 0.25) is 0 Å². The van der Waals surface area contributed by atoms with Gasteiger partial charge in [-0.05, 0) is 26.4 Å². The van der Waals surface area contributed by atoms with Crippen molar-refractivity contribution in [1.29, 1.82) is 0 Å². The van der Waals surface area contributed by atoms with E-state index in [2.05, 4.69) is 6.92 Å². The molecule has 0 bridgehead atoms. The van der Waals surface area contributed by atoms with E-state index in [1.807, 2.05) is 0 Å². The number of nitrogens with two attached hydrogens (primary N) is 1. The van der Waals surface area contributed by atoms with Crippen molar-refractivity contribution in [3.8, 4) is 0 Å². The Morgan fingerprint density at radius 1 is 1.31 bits per heavy atom.